The fraction of sp³-hybridized carbons (Fsp3) is 0.364. The lowest BCUT2D eigenvalue weighted by atomic mass is 9.97. The number of amides is 1. The zero-order chi connectivity index (χ0) is 21.4. The molecule has 2 N–H and O–H groups in total. The molecule has 8 nitrogen and oxygen atoms in total. The molecular weight excluding hydrogens is 416 g/mol. The van der Waals surface area contributed by atoms with E-state index in [1.54, 1.807) is 0 Å². The van der Waals surface area contributed by atoms with Gasteiger partial charge in [-0.25, -0.2) is 15.0 Å². The lowest BCUT2D eigenvalue weighted by molar-refractivity contribution is -0.149. The van der Waals surface area contributed by atoms with Crippen LogP contribution in [0.2, 0.25) is 5.02 Å². The Kier molecular flexibility index (Phi) is 5.43. The topological polar surface area (TPSA) is 97.5 Å². The van der Waals surface area contributed by atoms with Crippen LogP contribution in [0, 0.1) is 5.92 Å². The van der Waals surface area contributed by atoms with Crippen molar-refractivity contribution in [3.05, 3.63) is 59.0 Å². The van der Waals surface area contributed by atoms with Gasteiger partial charge in [-0.3, -0.25) is 9.69 Å². The fourth-order valence-corrected chi connectivity index (χ4v) is 4.27. The van der Waals surface area contributed by atoms with Gasteiger partial charge < -0.3 is 15.4 Å². The van der Waals surface area contributed by atoms with Gasteiger partial charge in [0, 0.05) is 31.2 Å². The predicted molar refractivity (Wildman–Crippen MR) is 117 cm³/mol. The number of ether oxygens (including phenoxy) is 1. The summed E-state index contributed by atoms with van der Waals surface area (Å²) in [4.78, 5) is 30.0. The first kappa shape index (κ1) is 20.1. The van der Waals surface area contributed by atoms with Gasteiger partial charge >= 0.3 is 0 Å². The normalized spacial score (nSPS) is 20.0. The minimum absolute atomic E-state index is 0.0307. The number of nitrogens with zero attached hydrogens (tertiary/aromatic N) is 5. The number of likely N-dealkylation sites (tertiary alicyclic amines) is 1. The Labute approximate surface area is 185 Å². The number of pyridine rings is 1. The van der Waals surface area contributed by atoms with Crippen LogP contribution >= 0.6 is 11.6 Å². The second-order valence-corrected chi connectivity index (χ2v) is 8.46. The number of anilines is 1. The maximum atomic E-state index is 13.0. The van der Waals surface area contributed by atoms with Crippen LogP contribution in [-0.4, -0.2) is 63.4 Å². The zero-order valence-corrected chi connectivity index (χ0v) is 17.7. The smallest absolute Gasteiger partial charge is 0.228 e. The van der Waals surface area contributed by atoms with E-state index >= 15 is 0 Å². The number of hydrogen-bond acceptors (Lipinski definition) is 7. The molecule has 2 fully saturated rings. The van der Waals surface area contributed by atoms with E-state index in [9.17, 15) is 4.79 Å². The van der Waals surface area contributed by atoms with E-state index in [-0.39, 0.29) is 17.9 Å². The van der Waals surface area contributed by atoms with Crippen molar-refractivity contribution in [2.75, 3.05) is 38.5 Å². The van der Waals surface area contributed by atoms with Crippen LogP contribution in [-0.2, 0) is 16.1 Å². The van der Waals surface area contributed by atoms with E-state index in [1.165, 1.54) is 11.9 Å². The van der Waals surface area contributed by atoms with Gasteiger partial charge in [0.1, 0.15) is 18.2 Å². The molecule has 0 aliphatic carbocycles. The monoisotopic (exact) mass is 438 g/mol. The number of nitrogen functional groups attached to an aromatic ring is 1. The number of hydrogen-bond donors (Lipinski definition) is 1. The number of morpholine rings is 1. The van der Waals surface area contributed by atoms with E-state index < -0.39 is 0 Å². The standard InChI is InChI=1S/C22H23ClN6O2/c23-16-3-1-14(2-4-16)9-28-10-15(11-28)22(30)29-7-8-31-19(12-29)18-6-5-17-20(24)25-13-26-21(17)27-18/h1-6,13,15,19H,7-12H2,(H2,24,25,26,27)/t19-/m1/s1. The second kappa shape index (κ2) is 8.37. The number of halogens is 1. The molecule has 2 aromatic heterocycles. The minimum atomic E-state index is -0.275. The Morgan fingerprint density at radius 2 is 1.94 bits per heavy atom. The van der Waals surface area contributed by atoms with Gasteiger partial charge in [0.15, 0.2) is 5.65 Å². The molecule has 1 aromatic carbocycles. The van der Waals surface area contributed by atoms with Crippen molar-refractivity contribution in [2.24, 2.45) is 5.92 Å². The molecule has 0 unspecified atom stereocenters. The number of nitrogens with two attached hydrogens (primary N) is 1. The number of carbonyl (C=O) groups is 1. The third-order valence-corrected chi connectivity index (χ3v) is 6.14. The quantitative estimate of drug-likeness (QED) is 0.667. The minimum Gasteiger partial charge on any atom is -0.383 e. The molecule has 2 aliphatic rings. The molecule has 1 amide bonds. The van der Waals surface area contributed by atoms with Crippen LogP contribution in [0.3, 0.4) is 0 Å². The molecule has 0 spiro atoms. The molecule has 0 bridgehead atoms. The summed E-state index contributed by atoms with van der Waals surface area (Å²) < 4.78 is 5.91. The molecule has 2 saturated heterocycles. The van der Waals surface area contributed by atoms with Crippen LogP contribution < -0.4 is 5.73 Å². The molecule has 2 aliphatic heterocycles. The first-order valence-corrected chi connectivity index (χ1v) is 10.7. The third kappa shape index (κ3) is 4.19. The lowest BCUT2D eigenvalue weighted by Gasteiger charge is -2.42. The Balaban J connectivity index is 1.20. The van der Waals surface area contributed by atoms with Crippen molar-refractivity contribution in [1.82, 2.24) is 24.8 Å². The SMILES string of the molecule is Nc1ncnc2nc([C@H]3CN(C(=O)C4CN(Cc5ccc(Cl)cc5)C4)CCO3)ccc12. The zero-order valence-electron chi connectivity index (χ0n) is 16.9. The van der Waals surface area contributed by atoms with Crippen LogP contribution in [0.5, 0.6) is 0 Å². The fourth-order valence-electron chi connectivity index (χ4n) is 4.15. The molecule has 31 heavy (non-hydrogen) atoms. The molecule has 4 heterocycles. The van der Waals surface area contributed by atoms with Crippen molar-refractivity contribution in [3.8, 4) is 0 Å². The van der Waals surface area contributed by atoms with Gasteiger partial charge in [0.2, 0.25) is 5.91 Å². The van der Waals surface area contributed by atoms with E-state index in [4.69, 9.17) is 22.1 Å². The van der Waals surface area contributed by atoms with Gasteiger partial charge in [0.05, 0.1) is 30.1 Å². The lowest BCUT2D eigenvalue weighted by Crippen LogP contribution is -2.56. The molecule has 160 valence electrons. The number of fused-ring (bicyclic) bond motifs is 1. The number of carbonyl (C=O) groups excluding carboxylic acids is 1. The van der Waals surface area contributed by atoms with Crippen LogP contribution in [0.4, 0.5) is 5.82 Å². The van der Waals surface area contributed by atoms with Crippen LogP contribution in [0.1, 0.15) is 17.4 Å². The summed E-state index contributed by atoms with van der Waals surface area (Å²) in [6, 6.07) is 11.6. The van der Waals surface area contributed by atoms with Gasteiger partial charge in [0.25, 0.3) is 0 Å². The molecule has 1 atom stereocenters. The van der Waals surface area contributed by atoms with E-state index in [1.807, 2.05) is 41.3 Å². The van der Waals surface area contributed by atoms with Crippen molar-refractivity contribution in [3.63, 3.8) is 0 Å². The third-order valence-electron chi connectivity index (χ3n) is 5.88. The maximum absolute atomic E-state index is 13.0. The molecule has 0 saturated carbocycles. The van der Waals surface area contributed by atoms with Crippen LogP contribution in [0.25, 0.3) is 11.0 Å². The highest BCUT2D eigenvalue weighted by Crippen LogP contribution is 2.27. The second-order valence-electron chi connectivity index (χ2n) is 8.03. The first-order chi connectivity index (χ1) is 15.1. The summed E-state index contributed by atoms with van der Waals surface area (Å²) in [6.45, 7) is 3.96. The molecule has 0 radical (unpaired) electrons. The summed E-state index contributed by atoms with van der Waals surface area (Å²) in [5, 5.41) is 1.45. The van der Waals surface area contributed by atoms with Gasteiger partial charge in [-0.2, -0.15) is 0 Å². The highest BCUT2D eigenvalue weighted by molar-refractivity contribution is 6.30. The Morgan fingerprint density at radius 1 is 1.13 bits per heavy atom. The van der Waals surface area contributed by atoms with Crippen molar-refractivity contribution >= 4 is 34.4 Å². The molecular formula is C22H23ClN6O2. The summed E-state index contributed by atoms with van der Waals surface area (Å²) in [5.74, 6) is 0.620. The molecule has 9 heteroatoms. The maximum Gasteiger partial charge on any atom is 0.228 e. The van der Waals surface area contributed by atoms with Gasteiger partial charge in [-0.15, -0.1) is 0 Å². The van der Waals surface area contributed by atoms with E-state index in [0.717, 1.165) is 30.4 Å². The first-order valence-electron chi connectivity index (χ1n) is 10.3. The average Bonchev–Trinajstić information content (AvgIpc) is 2.77. The van der Waals surface area contributed by atoms with Crippen LogP contribution in [0.15, 0.2) is 42.7 Å². The van der Waals surface area contributed by atoms with E-state index in [2.05, 4.69) is 19.9 Å². The predicted octanol–water partition coefficient (Wildman–Crippen LogP) is 2.29. The Hall–Kier alpha value is -2.81. The van der Waals surface area contributed by atoms with Gasteiger partial charge in [-0.1, -0.05) is 23.7 Å². The highest BCUT2D eigenvalue weighted by atomic mass is 35.5. The largest absolute Gasteiger partial charge is 0.383 e. The number of rotatable bonds is 4. The van der Waals surface area contributed by atoms with Crippen molar-refractivity contribution in [2.45, 2.75) is 12.6 Å². The summed E-state index contributed by atoms with van der Waals surface area (Å²) in [7, 11) is 0. The van der Waals surface area contributed by atoms with E-state index in [0.29, 0.717) is 36.5 Å². The average molecular weight is 439 g/mol. The van der Waals surface area contributed by atoms with Crippen molar-refractivity contribution in [1.29, 1.82) is 0 Å². The highest BCUT2D eigenvalue weighted by Gasteiger charge is 2.37. The van der Waals surface area contributed by atoms with Crippen molar-refractivity contribution < 1.29 is 9.53 Å². The summed E-state index contributed by atoms with van der Waals surface area (Å²) in [6.07, 6.45) is 1.13. The Morgan fingerprint density at radius 3 is 2.74 bits per heavy atom. The molecule has 3 aromatic rings. The summed E-state index contributed by atoms with van der Waals surface area (Å²) >= 11 is 5.95. The van der Waals surface area contributed by atoms with Gasteiger partial charge in [-0.05, 0) is 29.8 Å². The molecule has 5 rings (SSSR count). The Bertz CT molecular complexity index is 1100. The summed E-state index contributed by atoms with van der Waals surface area (Å²) in [5.41, 5.74) is 8.37. The number of benzene rings is 1. The number of aromatic nitrogens is 3.